The van der Waals surface area contributed by atoms with Gasteiger partial charge in [0, 0.05) is 26.6 Å². The molecule has 1 aromatic carbocycles. The van der Waals surface area contributed by atoms with Crippen molar-refractivity contribution in [3.05, 3.63) is 46.2 Å². The molecule has 1 aromatic heterocycles. The van der Waals surface area contributed by atoms with Crippen molar-refractivity contribution in [2.24, 2.45) is 0 Å². The van der Waals surface area contributed by atoms with E-state index in [0.29, 0.717) is 42.3 Å². The summed E-state index contributed by atoms with van der Waals surface area (Å²) in [4.78, 5) is 26.5. The van der Waals surface area contributed by atoms with Gasteiger partial charge < -0.3 is 19.7 Å². The number of hydrogen-bond donors (Lipinski definition) is 1. The minimum atomic E-state index is -0.0840. The van der Waals surface area contributed by atoms with E-state index < -0.39 is 0 Å². The molecular formula is C20H26N2O4S. The number of ether oxygens (including phenoxy) is 2. The van der Waals surface area contributed by atoms with Gasteiger partial charge >= 0.3 is 0 Å². The maximum absolute atomic E-state index is 12.2. The van der Waals surface area contributed by atoms with Crippen LogP contribution in [0.3, 0.4) is 0 Å². The number of carbonyl (C=O) groups excluding carboxylic acids is 2. The van der Waals surface area contributed by atoms with Gasteiger partial charge in [0.25, 0.3) is 5.91 Å². The molecule has 2 aromatic rings. The summed E-state index contributed by atoms with van der Waals surface area (Å²) in [5, 5.41) is 4.70. The summed E-state index contributed by atoms with van der Waals surface area (Å²) in [6.07, 6.45) is 1.77. The van der Waals surface area contributed by atoms with Crippen molar-refractivity contribution < 1.29 is 19.1 Å². The Morgan fingerprint density at radius 2 is 1.93 bits per heavy atom. The van der Waals surface area contributed by atoms with Crippen molar-refractivity contribution in [1.82, 2.24) is 10.2 Å². The summed E-state index contributed by atoms with van der Waals surface area (Å²) >= 11 is 1.41. The first-order chi connectivity index (χ1) is 13.0. The summed E-state index contributed by atoms with van der Waals surface area (Å²) < 4.78 is 10.5. The second-order valence-electron chi connectivity index (χ2n) is 6.09. The molecule has 0 saturated carbocycles. The van der Waals surface area contributed by atoms with Crippen molar-refractivity contribution in [2.75, 3.05) is 34.4 Å². The number of hydrogen-bond acceptors (Lipinski definition) is 5. The summed E-state index contributed by atoms with van der Waals surface area (Å²) in [7, 11) is 5.01. The summed E-state index contributed by atoms with van der Waals surface area (Å²) in [6.45, 7) is 1.11. The van der Waals surface area contributed by atoms with Gasteiger partial charge in [-0.05, 0) is 42.0 Å². The van der Waals surface area contributed by atoms with Crippen LogP contribution in [0.15, 0.2) is 35.7 Å². The lowest BCUT2D eigenvalue weighted by Gasteiger charge is -2.18. The number of amides is 2. The van der Waals surface area contributed by atoms with E-state index in [9.17, 15) is 9.59 Å². The Balaban J connectivity index is 1.70. The highest BCUT2D eigenvalue weighted by atomic mass is 32.1. The molecular weight excluding hydrogens is 364 g/mol. The van der Waals surface area contributed by atoms with Crippen LogP contribution in [-0.4, -0.2) is 51.1 Å². The lowest BCUT2D eigenvalue weighted by molar-refractivity contribution is -0.129. The summed E-state index contributed by atoms with van der Waals surface area (Å²) in [5.41, 5.74) is 1.08. The molecule has 6 nitrogen and oxygen atoms in total. The number of nitrogens with zero attached hydrogens (tertiary/aromatic N) is 1. The standard InChI is InChI=1S/C20H26N2O4S/c1-22(12-10-15-8-9-16(25-2)17(14-15)26-3)19(23)7-4-11-21-20(24)18-6-5-13-27-18/h5-6,8-9,13-14H,4,7,10-12H2,1-3H3,(H,21,24). The fourth-order valence-electron chi connectivity index (χ4n) is 2.58. The van der Waals surface area contributed by atoms with Crippen LogP contribution < -0.4 is 14.8 Å². The zero-order valence-corrected chi connectivity index (χ0v) is 16.8. The van der Waals surface area contributed by atoms with E-state index in [1.807, 2.05) is 29.6 Å². The smallest absolute Gasteiger partial charge is 0.261 e. The number of methoxy groups -OCH3 is 2. The number of likely N-dealkylation sites (N-methyl/N-ethyl adjacent to an activating group) is 1. The molecule has 1 heterocycles. The number of rotatable bonds is 10. The molecule has 2 rings (SSSR count). The Bertz CT molecular complexity index is 746. The molecule has 0 aliphatic carbocycles. The first-order valence-corrected chi connectivity index (χ1v) is 9.69. The van der Waals surface area contributed by atoms with Gasteiger partial charge in [0.2, 0.25) is 5.91 Å². The first-order valence-electron chi connectivity index (χ1n) is 8.81. The fraction of sp³-hybridized carbons (Fsp3) is 0.400. The number of nitrogens with one attached hydrogen (secondary N) is 1. The van der Waals surface area contributed by atoms with E-state index in [1.54, 1.807) is 32.2 Å². The molecule has 0 fully saturated rings. The van der Waals surface area contributed by atoms with Crippen molar-refractivity contribution >= 4 is 23.2 Å². The average molecular weight is 391 g/mol. The van der Waals surface area contributed by atoms with Gasteiger partial charge in [-0.3, -0.25) is 9.59 Å². The normalized spacial score (nSPS) is 10.3. The third-order valence-corrected chi connectivity index (χ3v) is 5.08. The highest BCUT2D eigenvalue weighted by Crippen LogP contribution is 2.27. The van der Waals surface area contributed by atoms with E-state index in [1.165, 1.54) is 11.3 Å². The first kappa shape index (κ1) is 20.8. The van der Waals surface area contributed by atoms with Crippen LogP contribution in [-0.2, 0) is 11.2 Å². The molecule has 0 radical (unpaired) electrons. The molecule has 1 N–H and O–H groups in total. The van der Waals surface area contributed by atoms with Gasteiger partial charge in [0.1, 0.15) is 0 Å². The quantitative estimate of drug-likeness (QED) is 0.634. The predicted molar refractivity (Wildman–Crippen MR) is 107 cm³/mol. The average Bonchev–Trinajstić information content (AvgIpc) is 3.23. The van der Waals surface area contributed by atoms with Crippen LogP contribution >= 0.6 is 11.3 Å². The molecule has 0 atom stereocenters. The Labute approximate surface area is 164 Å². The fourth-order valence-corrected chi connectivity index (χ4v) is 3.22. The third-order valence-electron chi connectivity index (χ3n) is 4.21. The molecule has 0 bridgehead atoms. The van der Waals surface area contributed by atoms with Crippen molar-refractivity contribution in [3.8, 4) is 11.5 Å². The predicted octanol–water partition coefficient (Wildman–Crippen LogP) is 2.98. The van der Waals surface area contributed by atoms with Crippen molar-refractivity contribution in [3.63, 3.8) is 0 Å². The van der Waals surface area contributed by atoms with Crippen LogP contribution in [0.5, 0.6) is 11.5 Å². The maximum atomic E-state index is 12.2. The van der Waals surface area contributed by atoms with Gasteiger partial charge in [-0.25, -0.2) is 0 Å². The summed E-state index contributed by atoms with van der Waals surface area (Å²) in [5.74, 6) is 1.36. The summed E-state index contributed by atoms with van der Waals surface area (Å²) in [6, 6.07) is 9.40. The van der Waals surface area contributed by atoms with Gasteiger partial charge in [0.15, 0.2) is 11.5 Å². The van der Waals surface area contributed by atoms with Crippen LogP contribution in [0.1, 0.15) is 28.1 Å². The Kier molecular flexibility index (Phi) is 8.13. The van der Waals surface area contributed by atoms with E-state index in [-0.39, 0.29) is 11.8 Å². The Morgan fingerprint density at radius 3 is 2.59 bits per heavy atom. The zero-order valence-electron chi connectivity index (χ0n) is 16.0. The molecule has 0 unspecified atom stereocenters. The topological polar surface area (TPSA) is 67.9 Å². The molecule has 0 aliphatic rings. The van der Waals surface area contributed by atoms with E-state index in [4.69, 9.17) is 9.47 Å². The number of carbonyl (C=O) groups is 2. The SMILES string of the molecule is COc1ccc(CCN(C)C(=O)CCCNC(=O)c2cccs2)cc1OC. The van der Waals surface area contributed by atoms with E-state index >= 15 is 0 Å². The van der Waals surface area contributed by atoms with Gasteiger partial charge in [-0.15, -0.1) is 11.3 Å². The molecule has 27 heavy (non-hydrogen) atoms. The monoisotopic (exact) mass is 390 g/mol. The highest BCUT2D eigenvalue weighted by molar-refractivity contribution is 7.12. The lowest BCUT2D eigenvalue weighted by atomic mass is 10.1. The molecule has 0 saturated heterocycles. The van der Waals surface area contributed by atoms with Crippen LogP contribution in [0.2, 0.25) is 0 Å². The van der Waals surface area contributed by atoms with Crippen LogP contribution in [0.25, 0.3) is 0 Å². The number of thiophene rings is 1. The molecule has 0 aliphatic heterocycles. The third kappa shape index (κ3) is 6.29. The maximum Gasteiger partial charge on any atom is 0.261 e. The van der Waals surface area contributed by atoms with E-state index in [2.05, 4.69) is 5.32 Å². The zero-order chi connectivity index (χ0) is 19.6. The second kappa shape index (κ2) is 10.6. The highest BCUT2D eigenvalue weighted by Gasteiger charge is 2.11. The Morgan fingerprint density at radius 1 is 1.15 bits per heavy atom. The van der Waals surface area contributed by atoms with Crippen molar-refractivity contribution in [1.29, 1.82) is 0 Å². The van der Waals surface area contributed by atoms with Crippen LogP contribution in [0.4, 0.5) is 0 Å². The molecule has 0 spiro atoms. The van der Waals surface area contributed by atoms with Gasteiger partial charge in [-0.1, -0.05) is 12.1 Å². The van der Waals surface area contributed by atoms with Crippen LogP contribution in [0, 0.1) is 0 Å². The Hall–Kier alpha value is -2.54. The largest absolute Gasteiger partial charge is 0.493 e. The molecule has 2 amide bonds. The van der Waals surface area contributed by atoms with E-state index in [0.717, 1.165) is 12.0 Å². The minimum Gasteiger partial charge on any atom is -0.493 e. The van der Waals surface area contributed by atoms with Gasteiger partial charge in [0.05, 0.1) is 19.1 Å². The van der Waals surface area contributed by atoms with Gasteiger partial charge in [-0.2, -0.15) is 0 Å². The minimum absolute atomic E-state index is 0.0702. The van der Waals surface area contributed by atoms with Crippen molar-refractivity contribution in [2.45, 2.75) is 19.3 Å². The number of benzene rings is 1. The molecule has 146 valence electrons. The second-order valence-corrected chi connectivity index (χ2v) is 7.04. The lowest BCUT2D eigenvalue weighted by Crippen LogP contribution is -2.30. The molecule has 7 heteroatoms.